The average Bonchev–Trinajstić information content (AvgIpc) is 3.31. The minimum atomic E-state index is 0. The predicted octanol–water partition coefficient (Wildman–Crippen LogP) is -6.95. The second-order valence-corrected chi connectivity index (χ2v) is 7.23. The second-order valence-electron chi connectivity index (χ2n) is 7.23. The summed E-state index contributed by atoms with van der Waals surface area (Å²) in [6.45, 7) is 4.01. The summed E-state index contributed by atoms with van der Waals surface area (Å²) in [6, 6.07) is 16.3. The molecule has 0 saturated carbocycles. The summed E-state index contributed by atoms with van der Waals surface area (Å²) in [7, 11) is 0. The number of nitrogens with one attached hydrogen (secondary N) is 4. The molecule has 0 amide bonds. The quantitative estimate of drug-likeness (QED) is 0.312. The van der Waals surface area contributed by atoms with Gasteiger partial charge < -0.3 is 29.2 Å². The first kappa shape index (κ1) is 22.8. The van der Waals surface area contributed by atoms with E-state index in [9.17, 15) is 0 Å². The molecule has 1 aromatic heterocycles. The summed E-state index contributed by atoms with van der Waals surface area (Å²) < 4.78 is 5.93. The van der Waals surface area contributed by atoms with Gasteiger partial charge in [-0.15, -0.1) is 10.2 Å². The summed E-state index contributed by atoms with van der Waals surface area (Å²) in [6.07, 6.45) is 2.28. The van der Waals surface area contributed by atoms with Crippen molar-refractivity contribution >= 4 is 11.7 Å². The molecule has 0 aliphatic carbocycles. The third kappa shape index (κ3) is 5.06. The zero-order valence-corrected chi connectivity index (χ0v) is 18.4. The molecule has 0 fully saturated rings. The third-order valence-corrected chi connectivity index (χ3v) is 5.18. The van der Waals surface area contributed by atoms with E-state index >= 15 is 0 Å². The SMILES string of the molecule is [Cl-].[Cl-].c1cc(-c2nnc(-c3ccc(C4=[NH+]CCCN4)cc3)o2)ccc1C1=[NH+]CCCN1. The van der Waals surface area contributed by atoms with Gasteiger partial charge in [0.15, 0.2) is 0 Å². The van der Waals surface area contributed by atoms with E-state index in [1.165, 1.54) is 0 Å². The van der Waals surface area contributed by atoms with Crippen LogP contribution in [0.5, 0.6) is 0 Å². The topological polar surface area (TPSA) is 90.9 Å². The fraction of sp³-hybridized carbons (Fsp3) is 0.273. The van der Waals surface area contributed by atoms with Crippen molar-refractivity contribution in [3.8, 4) is 22.9 Å². The molecule has 5 rings (SSSR count). The van der Waals surface area contributed by atoms with Crippen molar-refractivity contribution < 1.29 is 39.2 Å². The number of benzene rings is 2. The van der Waals surface area contributed by atoms with Crippen molar-refractivity contribution in [3.63, 3.8) is 0 Å². The Hall–Kier alpha value is -2.90. The average molecular weight is 459 g/mol. The predicted molar refractivity (Wildman–Crippen MR) is 110 cm³/mol. The maximum Gasteiger partial charge on any atom is 0.274 e. The van der Waals surface area contributed by atoms with Crippen molar-refractivity contribution in [2.24, 2.45) is 0 Å². The van der Waals surface area contributed by atoms with Gasteiger partial charge in [0.1, 0.15) is 0 Å². The lowest BCUT2D eigenvalue weighted by Gasteiger charge is -2.08. The van der Waals surface area contributed by atoms with Crippen LogP contribution in [0.1, 0.15) is 24.0 Å². The molecule has 2 aromatic carbocycles. The summed E-state index contributed by atoms with van der Waals surface area (Å²) in [5, 5.41) is 15.2. The highest BCUT2D eigenvalue weighted by molar-refractivity contribution is 5.95. The molecule has 0 atom stereocenters. The lowest BCUT2D eigenvalue weighted by atomic mass is 10.1. The molecule has 4 N–H and O–H groups in total. The lowest BCUT2D eigenvalue weighted by Crippen LogP contribution is -3.00. The molecule has 0 radical (unpaired) electrons. The highest BCUT2D eigenvalue weighted by atomic mass is 35.5. The van der Waals surface area contributed by atoms with E-state index in [1.807, 2.05) is 24.3 Å². The monoisotopic (exact) mass is 458 g/mol. The largest absolute Gasteiger partial charge is 1.00 e. The number of hydrogen-bond donors (Lipinski definition) is 4. The highest BCUT2D eigenvalue weighted by Gasteiger charge is 2.16. The van der Waals surface area contributed by atoms with E-state index in [2.05, 4.69) is 55.1 Å². The van der Waals surface area contributed by atoms with Crippen molar-refractivity contribution in [1.29, 1.82) is 0 Å². The van der Waals surface area contributed by atoms with Gasteiger partial charge in [0, 0.05) is 24.0 Å². The molecule has 7 nitrogen and oxygen atoms in total. The Kier molecular flexibility index (Phi) is 7.65. The summed E-state index contributed by atoms with van der Waals surface area (Å²) in [5.74, 6) is 3.20. The molecule has 0 spiro atoms. The first-order valence-electron chi connectivity index (χ1n) is 10.1. The van der Waals surface area contributed by atoms with Crippen molar-refractivity contribution in [3.05, 3.63) is 59.7 Å². The van der Waals surface area contributed by atoms with E-state index < -0.39 is 0 Å². The molecule has 2 aliphatic heterocycles. The minimum absolute atomic E-state index is 0. The Labute approximate surface area is 193 Å². The molecular weight excluding hydrogens is 435 g/mol. The van der Waals surface area contributed by atoms with Gasteiger partial charge in [-0.1, -0.05) is 0 Å². The van der Waals surface area contributed by atoms with Crippen LogP contribution in [0.4, 0.5) is 0 Å². The van der Waals surface area contributed by atoms with Gasteiger partial charge in [-0.05, 0) is 48.5 Å². The van der Waals surface area contributed by atoms with Gasteiger partial charge >= 0.3 is 0 Å². The Morgan fingerprint density at radius 2 is 1.00 bits per heavy atom. The van der Waals surface area contributed by atoms with Gasteiger partial charge in [0.25, 0.3) is 11.7 Å². The first-order valence-corrected chi connectivity index (χ1v) is 10.1. The Morgan fingerprint density at radius 1 is 0.613 bits per heavy atom. The summed E-state index contributed by atoms with van der Waals surface area (Å²) in [4.78, 5) is 6.78. The number of hydrogen-bond acceptors (Lipinski definition) is 5. The van der Waals surface area contributed by atoms with Crippen molar-refractivity contribution in [1.82, 2.24) is 20.8 Å². The van der Waals surface area contributed by atoms with Crippen LogP contribution in [-0.2, 0) is 0 Å². The molecule has 9 heteroatoms. The molecular formula is C22H24Cl2N6O. The van der Waals surface area contributed by atoms with E-state index in [0.717, 1.165) is 72.9 Å². The molecule has 2 aliphatic rings. The second kappa shape index (κ2) is 10.4. The lowest BCUT2D eigenvalue weighted by molar-refractivity contribution is -0.463. The molecule has 0 saturated heterocycles. The number of aromatic nitrogens is 2. The molecule has 0 bridgehead atoms. The van der Waals surface area contributed by atoms with E-state index in [0.29, 0.717) is 11.8 Å². The molecule has 31 heavy (non-hydrogen) atoms. The molecule has 162 valence electrons. The highest BCUT2D eigenvalue weighted by Crippen LogP contribution is 2.24. The fourth-order valence-corrected chi connectivity index (χ4v) is 3.58. The molecule has 3 aromatic rings. The van der Waals surface area contributed by atoms with E-state index in [-0.39, 0.29) is 24.8 Å². The smallest absolute Gasteiger partial charge is 0.274 e. The standard InChI is InChI=1S/C22H22N6O.2ClH/c1-11-23-19(24-12-1)15-3-7-17(8-4-15)21-27-28-22(29-21)18-9-5-16(6-10-18)20-25-13-2-14-26-20;;/h3-10H,1-2,11-14H2,(H,23,24)(H,25,26);2*1H. The Balaban J connectivity index is 0.00000136. The molecule has 3 heterocycles. The van der Waals surface area contributed by atoms with Crippen LogP contribution < -0.4 is 45.4 Å². The van der Waals surface area contributed by atoms with Gasteiger partial charge in [0.2, 0.25) is 11.8 Å². The van der Waals surface area contributed by atoms with Crippen LogP contribution in [0.25, 0.3) is 22.9 Å². The van der Waals surface area contributed by atoms with Crippen LogP contribution in [0.3, 0.4) is 0 Å². The molecule has 0 unspecified atom stereocenters. The van der Waals surface area contributed by atoms with Gasteiger partial charge in [-0.25, -0.2) is 0 Å². The minimum Gasteiger partial charge on any atom is -1.00 e. The van der Waals surface area contributed by atoms with Gasteiger partial charge in [-0.3, -0.25) is 20.6 Å². The third-order valence-electron chi connectivity index (χ3n) is 5.18. The first-order chi connectivity index (χ1) is 14.4. The maximum atomic E-state index is 5.93. The van der Waals surface area contributed by atoms with Crippen LogP contribution in [0, 0.1) is 0 Å². The zero-order chi connectivity index (χ0) is 19.5. The number of amidine groups is 2. The van der Waals surface area contributed by atoms with Crippen molar-refractivity contribution in [2.45, 2.75) is 12.8 Å². The Morgan fingerprint density at radius 3 is 1.35 bits per heavy atom. The number of halogens is 2. The maximum absolute atomic E-state index is 5.93. The Bertz CT molecular complexity index is 976. The van der Waals surface area contributed by atoms with Crippen LogP contribution in [-0.4, -0.2) is 48.0 Å². The summed E-state index contributed by atoms with van der Waals surface area (Å²) >= 11 is 0. The fourth-order valence-electron chi connectivity index (χ4n) is 3.58. The van der Waals surface area contributed by atoms with E-state index in [1.54, 1.807) is 0 Å². The normalized spacial score (nSPS) is 15.4. The number of nitrogens with zero attached hydrogens (tertiary/aromatic N) is 2. The summed E-state index contributed by atoms with van der Waals surface area (Å²) in [5.41, 5.74) is 4.08. The van der Waals surface area contributed by atoms with Crippen LogP contribution >= 0.6 is 0 Å². The van der Waals surface area contributed by atoms with Crippen molar-refractivity contribution in [2.75, 3.05) is 26.2 Å². The van der Waals surface area contributed by atoms with Crippen LogP contribution in [0.15, 0.2) is 52.9 Å². The number of rotatable bonds is 4. The zero-order valence-electron chi connectivity index (χ0n) is 16.9. The van der Waals surface area contributed by atoms with Gasteiger partial charge in [-0.2, -0.15) is 0 Å². The van der Waals surface area contributed by atoms with E-state index in [4.69, 9.17) is 4.42 Å². The van der Waals surface area contributed by atoms with Crippen LogP contribution in [0.2, 0.25) is 0 Å². The van der Waals surface area contributed by atoms with Gasteiger partial charge in [0.05, 0.1) is 37.3 Å².